The molecule has 0 saturated carbocycles. The van der Waals surface area contributed by atoms with E-state index >= 15 is 0 Å². The fraction of sp³-hybridized carbons (Fsp3) is 0.692. The van der Waals surface area contributed by atoms with Crippen LogP contribution in [0.25, 0.3) is 0 Å². The van der Waals surface area contributed by atoms with Crippen molar-refractivity contribution >= 4 is 11.8 Å². The van der Waals surface area contributed by atoms with Gasteiger partial charge in [0.2, 0.25) is 5.95 Å². The Morgan fingerprint density at radius 1 is 1.44 bits per heavy atom. The molecule has 1 aromatic heterocycles. The molecule has 3 N–H and O–H groups in total. The quantitative estimate of drug-likeness (QED) is 0.773. The zero-order valence-electron chi connectivity index (χ0n) is 11.9. The standard InChI is InChI=1S/C13H25N5/c1-5-11-9-16-13(14)17-12(11)15-8-7-10(3)18(4)6-2/h9-10H,5-8H2,1-4H3,(H3,14,15,16,17)/t10-/m0/s1. The first-order valence-electron chi connectivity index (χ1n) is 6.63. The molecule has 0 unspecified atom stereocenters. The van der Waals surface area contributed by atoms with Gasteiger partial charge in [0.05, 0.1) is 0 Å². The maximum absolute atomic E-state index is 5.61. The number of hydrogen-bond donors (Lipinski definition) is 2. The number of hydrogen-bond acceptors (Lipinski definition) is 5. The van der Waals surface area contributed by atoms with Gasteiger partial charge in [0.25, 0.3) is 0 Å². The van der Waals surface area contributed by atoms with Gasteiger partial charge in [0.1, 0.15) is 5.82 Å². The van der Waals surface area contributed by atoms with E-state index in [1.807, 2.05) is 0 Å². The van der Waals surface area contributed by atoms with Gasteiger partial charge in [-0.1, -0.05) is 13.8 Å². The largest absolute Gasteiger partial charge is 0.370 e. The topological polar surface area (TPSA) is 67.1 Å². The highest BCUT2D eigenvalue weighted by Gasteiger charge is 2.08. The van der Waals surface area contributed by atoms with Crippen LogP contribution in [0, 0.1) is 0 Å². The summed E-state index contributed by atoms with van der Waals surface area (Å²) < 4.78 is 0. The Kier molecular flexibility index (Phi) is 5.85. The molecule has 1 heterocycles. The van der Waals surface area contributed by atoms with Gasteiger partial charge in [-0.25, -0.2) is 4.98 Å². The second kappa shape index (κ2) is 7.16. The van der Waals surface area contributed by atoms with Crippen LogP contribution in [0.4, 0.5) is 11.8 Å². The van der Waals surface area contributed by atoms with Crippen molar-refractivity contribution in [1.29, 1.82) is 0 Å². The molecule has 0 fully saturated rings. The summed E-state index contributed by atoms with van der Waals surface area (Å²) in [5, 5.41) is 3.36. The second-order valence-electron chi connectivity index (χ2n) is 4.59. The van der Waals surface area contributed by atoms with Crippen LogP contribution in [0.15, 0.2) is 6.20 Å². The van der Waals surface area contributed by atoms with E-state index in [-0.39, 0.29) is 0 Å². The third-order valence-corrected chi connectivity index (χ3v) is 3.37. The van der Waals surface area contributed by atoms with E-state index in [0.29, 0.717) is 12.0 Å². The average Bonchev–Trinajstić information content (AvgIpc) is 2.38. The molecule has 0 aliphatic rings. The SMILES string of the molecule is CCc1cnc(N)nc1NCC[C@H](C)N(C)CC. The fourth-order valence-corrected chi connectivity index (χ4v) is 1.76. The third-order valence-electron chi connectivity index (χ3n) is 3.37. The lowest BCUT2D eigenvalue weighted by atomic mass is 10.2. The number of nitrogens with zero attached hydrogens (tertiary/aromatic N) is 3. The van der Waals surface area contributed by atoms with Gasteiger partial charge in [-0.2, -0.15) is 4.98 Å². The van der Waals surface area contributed by atoms with Gasteiger partial charge in [-0.3, -0.25) is 0 Å². The number of rotatable bonds is 7. The average molecular weight is 251 g/mol. The molecule has 0 aliphatic carbocycles. The van der Waals surface area contributed by atoms with Gasteiger partial charge < -0.3 is 16.0 Å². The lowest BCUT2D eigenvalue weighted by Crippen LogP contribution is -2.30. The zero-order chi connectivity index (χ0) is 13.5. The molecular weight excluding hydrogens is 226 g/mol. The summed E-state index contributed by atoms with van der Waals surface area (Å²) in [6.07, 6.45) is 3.79. The molecule has 5 heteroatoms. The van der Waals surface area contributed by atoms with Gasteiger partial charge in [-0.15, -0.1) is 0 Å². The molecule has 1 rings (SSSR count). The van der Waals surface area contributed by atoms with Crippen LogP contribution in [0.2, 0.25) is 0 Å². The van der Waals surface area contributed by atoms with Crippen molar-refractivity contribution in [2.24, 2.45) is 0 Å². The van der Waals surface area contributed by atoms with E-state index in [1.165, 1.54) is 0 Å². The first-order valence-corrected chi connectivity index (χ1v) is 6.63. The highest BCUT2D eigenvalue weighted by atomic mass is 15.1. The van der Waals surface area contributed by atoms with Gasteiger partial charge in [0, 0.05) is 24.3 Å². The molecule has 5 nitrogen and oxygen atoms in total. The molecule has 102 valence electrons. The van der Waals surface area contributed by atoms with E-state index in [4.69, 9.17) is 5.73 Å². The van der Waals surface area contributed by atoms with E-state index in [2.05, 4.69) is 48.0 Å². The molecule has 0 bridgehead atoms. The lowest BCUT2D eigenvalue weighted by Gasteiger charge is -2.23. The molecule has 18 heavy (non-hydrogen) atoms. The first kappa shape index (κ1) is 14.7. The van der Waals surface area contributed by atoms with Crippen molar-refractivity contribution in [3.05, 3.63) is 11.8 Å². The molecule has 1 aromatic rings. The van der Waals surface area contributed by atoms with Crippen LogP contribution in [0.3, 0.4) is 0 Å². The first-order chi connectivity index (χ1) is 8.58. The van der Waals surface area contributed by atoms with Crippen LogP contribution in [-0.4, -0.2) is 41.0 Å². The summed E-state index contributed by atoms with van der Waals surface area (Å²) >= 11 is 0. The van der Waals surface area contributed by atoms with Crippen molar-refractivity contribution in [2.75, 3.05) is 31.2 Å². The van der Waals surface area contributed by atoms with Crippen LogP contribution in [0.5, 0.6) is 0 Å². The molecule has 0 aromatic carbocycles. The molecular formula is C13H25N5. The van der Waals surface area contributed by atoms with E-state index in [0.717, 1.165) is 37.3 Å². The molecule has 0 aliphatic heterocycles. The number of nitrogens with two attached hydrogens (primary N) is 1. The normalized spacial score (nSPS) is 12.7. The highest BCUT2D eigenvalue weighted by Crippen LogP contribution is 2.13. The number of anilines is 2. The maximum atomic E-state index is 5.61. The van der Waals surface area contributed by atoms with Crippen LogP contribution < -0.4 is 11.1 Å². The number of nitrogen functional groups attached to an aromatic ring is 1. The monoisotopic (exact) mass is 251 g/mol. The van der Waals surface area contributed by atoms with Gasteiger partial charge in [-0.05, 0) is 33.4 Å². The molecule has 0 amide bonds. The number of aryl methyl sites for hydroxylation is 1. The predicted molar refractivity (Wildman–Crippen MR) is 76.7 cm³/mol. The smallest absolute Gasteiger partial charge is 0.221 e. The summed E-state index contributed by atoms with van der Waals surface area (Å²) in [7, 11) is 2.14. The zero-order valence-corrected chi connectivity index (χ0v) is 11.9. The van der Waals surface area contributed by atoms with E-state index in [1.54, 1.807) is 6.20 Å². The van der Waals surface area contributed by atoms with Crippen LogP contribution in [-0.2, 0) is 6.42 Å². The fourth-order valence-electron chi connectivity index (χ4n) is 1.76. The predicted octanol–water partition coefficient (Wildman–Crippen LogP) is 1.76. The lowest BCUT2D eigenvalue weighted by molar-refractivity contribution is 0.263. The van der Waals surface area contributed by atoms with Crippen molar-refractivity contribution in [3.8, 4) is 0 Å². The second-order valence-corrected chi connectivity index (χ2v) is 4.59. The van der Waals surface area contributed by atoms with Crippen molar-refractivity contribution in [1.82, 2.24) is 14.9 Å². The van der Waals surface area contributed by atoms with Crippen molar-refractivity contribution in [3.63, 3.8) is 0 Å². The van der Waals surface area contributed by atoms with E-state index < -0.39 is 0 Å². The van der Waals surface area contributed by atoms with E-state index in [9.17, 15) is 0 Å². The minimum Gasteiger partial charge on any atom is -0.370 e. The maximum Gasteiger partial charge on any atom is 0.221 e. The minimum atomic E-state index is 0.327. The number of nitrogens with one attached hydrogen (secondary N) is 1. The summed E-state index contributed by atoms with van der Waals surface area (Å²) in [6.45, 7) is 8.47. The summed E-state index contributed by atoms with van der Waals surface area (Å²) in [6, 6.07) is 0.562. The summed E-state index contributed by atoms with van der Waals surface area (Å²) in [5.74, 6) is 1.20. The Hall–Kier alpha value is -1.36. The Bertz CT molecular complexity index is 366. The summed E-state index contributed by atoms with van der Waals surface area (Å²) in [4.78, 5) is 10.6. The molecule has 1 atom stereocenters. The third kappa shape index (κ3) is 4.14. The van der Waals surface area contributed by atoms with Crippen molar-refractivity contribution in [2.45, 2.75) is 39.7 Å². The van der Waals surface area contributed by atoms with Gasteiger partial charge in [0.15, 0.2) is 0 Å². The highest BCUT2D eigenvalue weighted by molar-refractivity contribution is 5.45. The Morgan fingerprint density at radius 3 is 2.78 bits per heavy atom. The molecule has 0 saturated heterocycles. The Labute approximate surface area is 110 Å². The van der Waals surface area contributed by atoms with Crippen LogP contribution in [0.1, 0.15) is 32.8 Å². The van der Waals surface area contributed by atoms with Gasteiger partial charge >= 0.3 is 0 Å². The molecule has 0 spiro atoms. The van der Waals surface area contributed by atoms with Crippen LogP contribution >= 0.6 is 0 Å². The molecule has 0 radical (unpaired) electrons. The van der Waals surface area contributed by atoms with Crippen molar-refractivity contribution < 1.29 is 0 Å². The Balaban J connectivity index is 2.50. The minimum absolute atomic E-state index is 0.327. The Morgan fingerprint density at radius 2 is 2.17 bits per heavy atom. The number of aromatic nitrogens is 2. The summed E-state index contributed by atoms with van der Waals surface area (Å²) in [5.41, 5.74) is 6.72.